The minimum atomic E-state index is -3.71. The van der Waals surface area contributed by atoms with Crippen molar-refractivity contribution in [1.82, 2.24) is 9.36 Å². The number of anilines is 1. The van der Waals surface area contributed by atoms with Gasteiger partial charge in [-0.2, -0.15) is 14.6 Å². The van der Waals surface area contributed by atoms with Crippen molar-refractivity contribution in [2.75, 3.05) is 19.5 Å². The van der Waals surface area contributed by atoms with Gasteiger partial charge in [-0.3, -0.25) is 10.1 Å². The van der Waals surface area contributed by atoms with E-state index in [4.69, 9.17) is 14.2 Å². The number of hydrogen-bond acceptors (Lipinski definition) is 11. The number of carbonyl (C=O) groups excluding carboxylic acids is 2. The van der Waals surface area contributed by atoms with Crippen LogP contribution in [-0.4, -0.2) is 49.1 Å². The highest BCUT2D eigenvalue weighted by Gasteiger charge is 2.25. The van der Waals surface area contributed by atoms with Crippen molar-refractivity contribution in [3.05, 3.63) is 59.2 Å². The van der Waals surface area contributed by atoms with E-state index in [2.05, 4.69) is 14.7 Å². The van der Waals surface area contributed by atoms with Crippen LogP contribution in [0.15, 0.2) is 53.2 Å². The Morgan fingerprint density at radius 3 is 2.38 bits per heavy atom. The monoisotopic (exact) mass is 542 g/mol. The Morgan fingerprint density at radius 2 is 1.78 bits per heavy atom. The van der Waals surface area contributed by atoms with Gasteiger partial charge in [-0.05, 0) is 61.9 Å². The molecular formula is C24H22N4O7S2. The van der Waals surface area contributed by atoms with Crippen molar-refractivity contribution in [3.8, 4) is 23.3 Å². The molecule has 0 atom stereocenters. The van der Waals surface area contributed by atoms with Crippen LogP contribution in [0.5, 0.6) is 17.2 Å². The molecule has 37 heavy (non-hydrogen) atoms. The molecule has 0 aliphatic heterocycles. The van der Waals surface area contributed by atoms with E-state index in [9.17, 15) is 23.3 Å². The molecule has 11 nitrogen and oxygen atoms in total. The molecule has 1 N–H and O–H groups in total. The van der Waals surface area contributed by atoms with Crippen molar-refractivity contribution in [1.29, 1.82) is 5.26 Å². The van der Waals surface area contributed by atoms with Crippen molar-refractivity contribution >= 4 is 44.5 Å². The van der Waals surface area contributed by atoms with Gasteiger partial charge in [0, 0.05) is 11.5 Å². The largest absolute Gasteiger partial charge is 0.497 e. The van der Waals surface area contributed by atoms with Crippen LogP contribution in [0.1, 0.15) is 29.8 Å². The summed E-state index contributed by atoms with van der Waals surface area (Å²) in [5, 5.41) is 10.7. The molecule has 0 aliphatic rings. The number of sulfone groups is 1. The van der Waals surface area contributed by atoms with Crippen molar-refractivity contribution in [2.45, 2.75) is 24.3 Å². The molecule has 3 aromatic rings. The van der Waals surface area contributed by atoms with Gasteiger partial charge in [0.15, 0.2) is 11.5 Å². The zero-order valence-electron chi connectivity index (χ0n) is 20.2. The molecule has 1 aromatic heterocycles. The predicted octanol–water partition coefficient (Wildman–Crippen LogP) is 3.50. The molecule has 0 radical (unpaired) electrons. The molecule has 0 spiro atoms. The first-order chi connectivity index (χ1) is 17.6. The fourth-order valence-electron chi connectivity index (χ4n) is 2.81. The molecule has 1 amide bonds. The van der Waals surface area contributed by atoms with Crippen LogP contribution in [0.2, 0.25) is 0 Å². The Kier molecular flexibility index (Phi) is 8.59. The fourth-order valence-corrected chi connectivity index (χ4v) is 4.51. The van der Waals surface area contributed by atoms with Crippen molar-refractivity contribution in [2.24, 2.45) is 0 Å². The number of methoxy groups -OCH3 is 2. The number of ether oxygens (including phenoxy) is 3. The first-order valence-corrected chi connectivity index (χ1v) is 13.0. The zero-order valence-corrected chi connectivity index (χ0v) is 21.8. The lowest BCUT2D eigenvalue weighted by Gasteiger charge is -2.10. The van der Waals surface area contributed by atoms with E-state index < -0.39 is 32.1 Å². The summed E-state index contributed by atoms with van der Waals surface area (Å²) in [4.78, 5) is 28.9. The van der Waals surface area contributed by atoms with Gasteiger partial charge in [0.25, 0.3) is 11.1 Å². The summed E-state index contributed by atoms with van der Waals surface area (Å²) in [6.07, 6.45) is 1.29. The quantitative estimate of drug-likeness (QED) is 0.184. The lowest BCUT2D eigenvalue weighted by Crippen LogP contribution is -2.16. The Hall–Kier alpha value is -4.28. The second-order valence-corrected chi connectivity index (χ2v) is 10.8. The molecule has 0 aliphatic carbocycles. The maximum Gasteiger partial charge on any atom is 0.343 e. The van der Waals surface area contributed by atoms with E-state index >= 15 is 0 Å². The average Bonchev–Trinajstić information content (AvgIpc) is 3.37. The Balaban J connectivity index is 1.77. The van der Waals surface area contributed by atoms with Gasteiger partial charge in [-0.1, -0.05) is 6.07 Å². The molecule has 0 saturated heterocycles. The van der Waals surface area contributed by atoms with E-state index in [1.165, 1.54) is 52.3 Å². The van der Waals surface area contributed by atoms with Crippen LogP contribution in [0.3, 0.4) is 0 Å². The highest BCUT2D eigenvalue weighted by molar-refractivity contribution is 7.91. The van der Waals surface area contributed by atoms with Gasteiger partial charge in [-0.25, -0.2) is 13.2 Å². The number of nitrogens with zero attached hydrogens (tertiary/aromatic N) is 3. The molecule has 3 rings (SSSR count). The zero-order chi connectivity index (χ0) is 27.2. The number of amides is 1. The minimum Gasteiger partial charge on any atom is -0.497 e. The van der Waals surface area contributed by atoms with E-state index in [1.54, 1.807) is 30.3 Å². The minimum absolute atomic E-state index is 0.0660. The van der Waals surface area contributed by atoms with Gasteiger partial charge < -0.3 is 14.2 Å². The normalized spacial score (nSPS) is 11.5. The second kappa shape index (κ2) is 11.6. The fraction of sp³-hybridized carbons (Fsp3) is 0.208. The van der Waals surface area contributed by atoms with Crippen LogP contribution < -0.4 is 19.5 Å². The number of nitrogens with one attached hydrogen (secondary N) is 1. The van der Waals surface area contributed by atoms with E-state index in [0.717, 1.165) is 0 Å². The lowest BCUT2D eigenvalue weighted by molar-refractivity contribution is -0.112. The van der Waals surface area contributed by atoms with Crippen molar-refractivity contribution in [3.63, 3.8) is 0 Å². The first kappa shape index (κ1) is 27.3. The summed E-state index contributed by atoms with van der Waals surface area (Å²) in [5.74, 6) is -0.495. The van der Waals surface area contributed by atoms with Crippen LogP contribution in [0.4, 0.5) is 5.13 Å². The summed E-state index contributed by atoms with van der Waals surface area (Å²) in [6.45, 7) is 2.98. The molecule has 0 saturated carbocycles. The number of benzene rings is 2. The number of rotatable bonds is 9. The first-order valence-electron chi connectivity index (χ1n) is 10.6. The van der Waals surface area contributed by atoms with Crippen LogP contribution in [-0.2, 0) is 14.6 Å². The third-order valence-corrected chi connectivity index (χ3v) is 7.57. The van der Waals surface area contributed by atoms with Gasteiger partial charge in [0.1, 0.15) is 17.4 Å². The molecule has 0 fully saturated rings. The van der Waals surface area contributed by atoms with E-state index in [-0.39, 0.29) is 22.2 Å². The average molecular weight is 543 g/mol. The Morgan fingerprint density at radius 1 is 1.08 bits per heavy atom. The van der Waals surface area contributed by atoms with Gasteiger partial charge in [-0.15, -0.1) is 0 Å². The third kappa shape index (κ3) is 6.49. The summed E-state index contributed by atoms with van der Waals surface area (Å²) in [7, 11) is -0.811. The Bertz CT molecular complexity index is 1490. The second-order valence-electron chi connectivity index (χ2n) is 7.63. The van der Waals surface area contributed by atoms with Gasteiger partial charge >= 0.3 is 5.97 Å². The number of esters is 1. The number of carbonyl (C=O) groups is 2. The smallest absolute Gasteiger partial charge is 0.343 e. The highest BCUT2D eigenvalue weighted by Crippen LogP contribution is 2.30. The molecule has 0 unspecified atom stereocenters. The summed E-state index contributed by atoms with van der Waals surface area (Å²) >= 11 is 0.686. The van der Waals surface area contributed by atoms with E-state index in [0.29, 0.717) is 28.4 Å². The number of nitriles is 1. The summed E-state index contributed by atoms with van der Waals surface area (Å²) in [6, 6.07) is 12.6. The molecule has 0 bridgehead atoms. The van der Waals surface area contributed by atoms with Crippen LogP contribution >= 0.6 is 11.5 Å². The molecule has 13 heteroatoms. The van der Waals surface area contributed by atoms with Gasteiger partial charge in [0.05, 0.1) is 25.0 Å². The van der Waals surface area contributed by atoms with Crippen LogP contribution in [0.25, 0.3) is 6.08 Å². The summed E-state index contributed by atoms with van der Waals surface area (Å²) in [5.41, 5.74) is 0.429. The van der Waals surface area contributed by atoms with Crippen molar-refractivity contribution < 1.29 is 32.2 Å². The highest BCUT2D eigenvalue weighted by atomic mass is 32.2. The molecule has 192 valence electrons. The third-order valence-electron chi connectivity index (χ3n) is 4.90. The van der Waals surface area contributed by atoms with Gasteiger partial charge in [0.2, 0.25) is 15.0 Å². The SMILES string of the molecule is COc1ccc(C(=O)Oc2ccc(C=C(C#N)C(=O)Nc3nc(S(=O)(=O)C(C)C)ns3)cc2OC)cc1. The van der Waals surface area contributed by atoms with E-state index in [1.807, 2.05) is 0 Å². The molecule has 1 heterocycles. The molecule has 2 aromatic carbocycles. The number of hydrogen-bond donors (Lipinski definition) is 1. The van der Waals surface area contributed by atoms with Crippen LogP contribution in [0, 0.1) is 11.3 Å². The maximum atomic E-state index is 12.6. The Labute approximate surface area is 217 Å². The standard InChI is InChI=1S/C24H22N4O7S2/c1-14(2)37(31,32)24-27-23(36-28-24)26-21(29)17(13-25)11-15-5-10-19(20(12-15)34-4)35-22(30)16-6-8-18(33-3)9-7-16/h5-12,14H,1-4H3,(H,26,27,28,29). The predicted molar refractivity (Wildman–Crippen MR) is 135 cm³/mol. The molecular weight excluding hydrogens is 520 g/mol. The summed E-state index contributed by atoms with van der Waals surface area (Å²) < 4.78 is 43.9. The number of aromatic nitrogens is 2. The maximum absolute atomic E-state index is 12.6. The topological polar surface area (TPSA) is 158 Å². The lowest BCUT2D eigenvalue weighted by atomic mass is 10.1.